The number of hydrogen-bond acceptors (Lipinski definition) is 2. The first-order valence-corrected chi connectivity index (χ1v) is 6.95. The van der Waals surface area contributed by atoms with Crippen LogP contribution in [0.15, 0.2) is 24.3 Å². The standard InChI is InChI=1S/C16H22N2/c1-12(2)15-5-3-4-6-16(15)18-14-9-7-13(11-17)8-10-14/h3-6,12-14,18H,7-10H2,1-2H3. The number of rotatable bonds is 3. The number of nitrogens with zero attached hydrogens (tertiary/aromatic N) is 1. The van der Waals surface area contributed by atoms with Crippen molar-refractivity contribution in [3.05, 3.63) is 29.8 Å². The molecule has 0 spiro atoms. The zero-order valence-corrected chi connectivity index (χ0v) is 11.3. The Bertz CT molecular complexity index is 423. The molecule has 1 aromatic carbocycles. The molecule has 1 aromatic rings. The molecule has 0 radical (unpaired) electrons. The topological polar surface area (TPSA) is 35.8 Å². The van der Waals surface area contributed by atoms with Crippen LogP contribution in [0, 0.1) is 17.2 Å². The van der Waals surface area contributed by atoms with Gasteiger partial charge in [0.25, 0.3) is 0 Å². The van der Waals surface area contributed by atoms with Gasteiger partial charge in [-0.25, -0.2) is 0 Å². The lowest BCUT2D eigenvalue weighted by atomic mass is 9.86. The fraction of sp³-hybridized carbons (Fsp3) is 0.562. The van der Waals surface area contributed by atoms with Gasteiger partial charge in [0.05, 0.1) is 6.07 Å². The van der Waals surface area contributed by atoms with Gasteiger partial charge >= 0.3 is 0 Å². The van der Waals surface area contributed by atoms with Gasteiger partial charge in [-0.1, -0.05) is 32.0 Å². The molecule has 0 heterocycles. The lowest BCUT2D eigenvalue weighted by molar-refractivity contribution is 0.397. The normalized spacial score (nSPS) is 23.7. The third kappa shape index (κ3) is 3.04. The van der Waals surface area contributed by atoms with Crippen LogP contribution in [0.3, 0.4) is 0 Å². The van der Waals surface area contributed by atoms with Crippen LogP contribution >= 0.6 is 0 Å². The van der Waals surface area contributed by atoms with Crippen molar-refractivity contribution in [2.75, 3.05) is 5.32 Å². The maximum atomic E-state index is 8.91. The number of para-hydroxylation sites is 1. The van der Waals surface area contributed by atoms with E-state index in [9.17, 15) is 0 Å². The second-order valence-corrected chi connectivity index (χ2v) is 5.56. The first kappa shape index (κ1) is 13.0. The third-order valence-corrected chi connectivity index (χ3v) is 3.85. The van der Waals surface area contributed by atoms with Crippen LogP contribution in [0.25, 0.3) is 0 Å². The molecule has 2 heteroatoms. The van der Waals surface area contributed by atoms with Gasteiger partial charge in [-0.05, 0) is 43.2 Å². The average Bonchev–Trinajstić information content (AvgIpc) is 2.40. The van der Waals surface area contributed by atoms with Crippen LogP contribution in [0.2, 0.25) is 0 Å². The summed E-state index contributed by atoms with van der Waals surface area (Å²) in [7, 11) is 0. The van der Waals surface area contributed by atoms with Gasteiger partial charge in [0.15, 0.2) is 0 Å². The Morgan fingerprint density at radius 3 is 2.44 bits per heavy atom. The zero-order valence-electron chi connectivity index (χ0n) is 11.3. The van der Waals surface area contributed by atoms with E-state index in [4.69, 9.17) is 5.26 Å². The van der Waals surface area contributed by atoms with Crippen molar-refractivity contribution in [1.82, 2.24) is 0 Å². The largest absolute Gasteiger partial charge is 0.382 e. The van der Waals surface area contributed by atoms with Gasteiger partial charge < -0.3 is 5.32 Å². The van der Waals surface area contributed by atoms with Crippen LogP contribution in [-0.2, 0) is 0 Å². The van der Waals surface area contributed by atoms with E-state index < -0.39 is 0 Å². The minimum Gasteiger partial charge on any atom is -0.382 e. The first-order chi connectivity index (χ1) is 8.70. The summed E-state index contributed by atoms with van der Waals surface area (Å²) >= 11 is 0. The number of anilines is 1. The molecule has 0 amide bonds. The Kier molecular flexibility index (Phi) is 4.25. The first-order valence-electron chi connectivity index (χ1n) is 6.95. The SMILES string of the molecule is CC(C)c1ccccc1NC1CCC(C#N)CC1. The number of nitrogens with one attached hydrogen (secondary N) is 1. The molecule has 0 atom stereocenters. The van der Waals surface area contributed by atoms with E-state index in [1.165, 1.54) is 11.3 Å². The Labute approximate surface area is 110 Å². The molecular formula is C16H22N2. The van der Waals surface area contributed by atoms with E-state index in [0.717, 1.165) is 25.7 Å². The van der Waals surface area contributed by atoms with Crippen molar-refractivity contribution in [1.29, 1.82) is 5.26 Å². The fourth-order valence-corrected chi connectivity index (χ4v) is 2.72. The maximum Gasteiger partial charge on any atom is 0.0655 e. The second-order valence-electron chi connectivity index (χ2n) is 5.56. The summed E-state index contributed by atoms with van der Waals surface area (Å²) in [5.74, 6) is 0.826. The molecule has 0 saturated heterocycles. The molecule has 0 aromatic heterocycles. The minimum absolute atomic E-state index is 0.281. The fourth-order valence-electron chi connectivity index (χ4n) is 2.72. The van der Waals surface area contributed by atoms with E-state index in [-0.39, 0.29) is 5.92 Å². The summed E-state index contributed by atoms with van der Waals surface area (Å²) in [6.07, 6.45) is 4.31. The molecule has 1 aliphatic rings. The van der Waals surface area contributed by atoms with E-state index in [1.807, 2.05) is 0 Å². The number of benzene rings is 1. The molecule has 1 aliphatic carbocycles. The van der Waals surface area contributed by atoms with E-state index >= 15 is 0 Å². The lowest BCUT2D eigenvalue weighted by Gasteiger charge is -2.28. The van der Waals surface area contributed by atoms with Crippen LogP contribution in [-0.4, -0.2) is 6.04 Å². The summed E-state index contributed by atoms with van der Waals surface area (Å²) in [6.45, 7) is 4.46. The van der Waals surface area contributed by atoms with Gasteiger partial charge in [0.2, 0.25) is 0 Å². The third-order valence-electron chi connectivity index (χ3n) is 3.85. The Morgan fingerprint density at radius 1 is 1.17 bits per heavy atom. The lowest BCUT2D eigenvalue weighted by Crippen LogP contribution is -2.26. The molecule has 1 fully saturated rings. The van der Waals surface area contributed by atoms with Gasteiger partial charge in [0, 0.05) is 17.6 Å². The smallest absolute Gasteiger partial charge is 0.0655 e. The van der Waals surface area contributed by atoms with Crippen molar-refractivity contribution >= 4 is 5.69 Å². The number of nitriles is 1. The Hall–Kier alpha value is -1.49. The predicted octanol–water partition coefficient (Wildman–Crippen LogP) is 4.30. The number of hydrogen-bond donors (Lipinski definition) is 1. The highest BCUT2D eigenvalue weighted by molar-refractivity contribution is 5.53. The zero-order chi connectivity index (χ0) is 13.0. The monoisotopic (exact) mass is 242 g/mol. The Balaban J connectivity index is 2.00. The molecule has 0 unspecified atom stereocenters. The molecule has 2 nitrogen and oxygen atoms in total. The van der Waals surface area contributed by atoms with E-state index in [1.54, 1.807) is 0 Å². The molecule has 1 saturated carbocycles. The highest BCUT2D eigenvalue weighted by atomic mass is 14.9. The van der Waals surface area contributed by atoms with Crippen LogP contribution in [0.1, 0.15) is 51.0 Å². The molecule has 2 rings (SSSR count). The maximum absolute atomic E-state index is 8.91. The van der Waals surface area contributed by atoms with Crippen molar-refractivity contribution in [2.45, 2.75) is 51.5 Å². The highest BCUT2D eigenvalue weighted by Crippen LogP contribution is 2.29. The van der Waals surface area contributed by atoms with Crippen molar-refractivity contribution in [2.24, 2.45) is 5.92 Å². The van der Waals surface area contributed by atoms with Crippen molar-refractivity contribution in [3.8, 4) is 6.07 Å². The quantitative estimate of drug-likeness (QED) is 0.857. The van der Waals surface area contributed by atoms with Crippen molar-refractivity contribution in [3.63, 3.8) is 0 Å². The van der Waals surface area contributed by atoms with Gasteiger partial charge in [-0.3, -0.25) is 0 Å². The Morgan fingerprint density at radius 2 is 1.83 bits per heavy atom. The second kappa shape index (κ2) is 5.91. The van der Waals surface area contributed by atoms with Gasteiger partial charge in [-0.15, -0.1) is 0 Å². The van der Waals surface area contributed by atoms with Gasteiger partial charge in [-0.2, -0.15) is 5.26 Å². The molecule has 96 valence electrons. The van der Waals surface area contributed by atoms with Crippen LogP contribution < -0.4 is 5.32 Å². The predicted molar refractivity (Wildman–Crippen MR) is 75.5 cm³/mol. The van der Waals surface area contributed by atoms with Gasteiger partial charge in [0.1, 0.15) is 0 Å². The summed E-state index contributed by atoms with van der Waals surface area (Å²) < 4.78 is 0. The molecule has 0 bridgehead atoms. The van der Waals surface area contributed by atoms with E-state index in [0.29, 0.717) is 12.0 Å². The summed E-state index contributed by atoms with van der Waals surface area (Å²) in [5, 5.41) is 12.6. The summed E-state index contributed by atoms with van der Waals surface area (Å²) in [6, 6.07) is 11.5. The van der Waals surface area contributed by atoms with Crippen LogP contribution in [0.5, 0.6) is 0 Å². The molecule has 1 N–H and O–H groups in total. The minimum atomic E-state index is 0.281. The summed E-state index contributed by atoms with van der Waals surface area (Å²) in [4.78, 5) is 0. The average molecular weight is 242 g/mol. The van der Waals surface area contributed by atoms with E-state index in [2.05, 4.69) is 49.5 Å². The highest BCUT2D eigenvalue weighted by Gasteiger charge is 2.21. The molecule has 0 aliphatic heterocycles. The molecular weight excluding hydrogens is 220 g/mol. The van der Waals surface area contributed by atoms with Crippen molar-refractivity contribution < 1.29 is 0 Å². The molecule has 18 heavy (non-hydrogen) atoms. The van der Waals surface area contributed by atoms with Crippen LogP contribution in [0.4, 0.5) is 5.69 Å². The summed E-state index contributed by atoms with van der Waals surface area (Å²) in [5.41, 5.74) is 2.66.